The van der Waals surface area contributed by atoms with Gasteiger partial charge >= 0.3 is 5.97 Å². The molecular formula is C27H34FN7O5. The van der Waals surface area contributed by atoms with Crippen molar-refractivity contribution in [3.63, 3.8) is 0 Å². The number of aliphatic hydroxyl groups excluding tert-OH is 1. The molecule has 1 saturated carbocycles. The zero-order valence-corrected chi connectivity index (χ0v) is 22.8. The van der Waals surface area contributed by atoms with E-state index in [0.717, 1.165) is 25.7 Å². The third-order valence-corrected chi connectivity index (χ3v) is 6.67. The molecule has 0 aliphatic heterocycles. The number of halogens is 1. The second-order valence-electron chi connectivity index (χ2n) is 9.83. The van der Waals surface area contributed by atoms with Crippen molar-refractivity contribution in [2.75, 3.05) is 13.7 Å². The minimum atomic E-state index is -0.877. The van der Waals surface area contributed by atoms with Gasteiger partial charge in [0.2, 0.25) is 0 Å². The molecule has 0 bridgehead atoms. The minimum absolute atomic E-state index is 0.0631. The number of nitrogens with zero attached hydrogens (tertiary/aromatic N) is 5. The summed E-state index contributed by atoms with van der Waals surface area (Å²) in [6, 6.07) is 6.10. The lowest BCUT2D eigenvalue weighted by molar-refractivity contribution is -0.144. The van der Waals surface area contributed by atoms with E-state index in [1.54, 1.807) is 30.1 Å². The fourth-order valence-electron chi connectivity index (χ4n) is 4.68. The number of nitrogens with one attached hydrogen (secondary N) is 2. The van der Waals surface area contributed by atoms with E-state index in [0.29, 0.717) is 35.4 Å². The van der Waals surface area contributed by atoms with Gasteiger partial charge in [0.1, 0.15) is 36.4 Å². The van der Waals surface area contributed by atoms with Gasteiger partial charge in [0.15, 0.2) is 17.4 Å². The number of esters is 1. The van der Waals surface area contributed by atoms with Crippen LogP contribution in [0.3, 0.4) is 0 Å². The number of hydrogen-bond acceptors (Lipinski definition) is 10. The average Bonchev–Trinajstić information content (AvgIpc) is 3.40. The summed E-state index contributed by atoms with van der Waals surface area (Å²) in [6.07, 6.45) is 4.45. The molecule has 1 amide bonds. The van der Waals surface area contributed by atoms with Gasteiger partial charge in [0.25, 0.3) is 5.91 Å². The van der Waals surface area contributed by atoms with Gasteiger partial charge < -0.3 is 19.9 Å². The molecule has 4 rings (SSSR count). The van der Waals surface area contributed by atoms with Crippen LogP contribution >= 0.6 is 0 Å². The van der Waals surface area contributed by atoms with Crippen LogP contribution in [0.5, 0.6) is 5.75 Å². The Bertz CT molecular complexity index is 1330. The second-order valence-corrected chi connectivity index (χ2v) is 9.83. The van der Waals surface area contributed by atoms with Crippen molar-refractivity contribution in [3.8, 4) is 17.3 Å². The zero-order valence-electron chi connectivity index (χ0n) is 22.8. The summed E-state index contributed by atoms with van der Waals surface area (Å²) in [5.74, 6) is 0.00795. The highest BCUT2D eigenvalue weighted by molar-refractivity contribution is 5.93. The van der Waals surface area contributed by atoms with Gasteiger partial charge in [0.05, 0.1) is 7.11 Å². The molecule has 1 aliphatic carbocycles. The van der Waals surface area contributed by atoms with E-state index < -0.39 is 23.9 Å². The molecule has 12 nitrogen and oxygen atoms in total. The molecule has 2 aromatic heterocycles. The molecule has 40 heavy (non-hydrogen) atoms. The van der Waals surface area contributed by atoms with Crippen molar-refractivity contribution >= 4 is 11.9 Å². The first kappa shape index (κ1) is 29.0. The minimum Gasteiger partial charge on any atom is -0.494 e. The molecule has 1 atom stereocenters. The molecule has 0 saturated heterocycles. The number of carbonyl (C=O) groups excluding carboxylic acids is 2. The van der Waals surface area contributed by atoms with E-state index in [4.69, 9.17) is 9.47 Å². The lowest BCUT2D eigenvalue weighted by Crippen LogP contribution is -2.43. The fraction of sp³-hybridized carbons (Fsp3) is 0.481. The second kappa shape index (κ2) is 13.4. The van der Waals surface area contributed by atoms with E-state index >= 15 is 0 Å². The van der Waals surface area contributed by atoms with Gasteiger partial charge in [-0.1, -0.05) is 6.07 Å². The zero-order chi connectivity index (χ0) is 28.6. The van der Waals surface area contributed by atoms with E-state index in [-0.39, 0.29) is 30.6 Å². The van der Waals surface area contributed by atoms with Gasteiger partial charge in [-0.3, -0.25) is 19.6 Å². The Balaban J connectivity index is 1.31. The van der Waals surface area contributed by atoms with Gasteiger partial charge in [0, 0.05) is 26.1 Å². The van der Waals surface area contributed by atoms with Crippen molar-refractivity contribution in [1.29, 1.82) is 0 Å². The molecule has 214 valence electrons. The number of rotatable bonds is 11. The molecular weight excluding hydrogens is 521 g/mol. The maximum Gasteiger partial charge on any atom is 0.302 e. The number of aryl methyl sites for hydroxylation is 1. The summed E-state index contributed by atoms with van der Waals surface area (Å²) in [6.45, 7) is 3.80. The topological polar surface area (TPSA) is 153 Å². The fourth-order valence-corrected chi connectivity index (χ4v) is 4.68. The van der Waals surface area contributed by atoms with Crippen molar-refractivity contribution in [1.82, 2.24) is 35.4 Å². The highest BCUT2D eigenvalue weighted by atomic mass is 19.1. The van der Waals surface area contributed by atoms with Crippen molar-refractivity contribution in [2.24, 2.45) is 5.92 Å². The van der Waals surface area contributed by atoms with Gasteiger partial charge in [-0.15, -0.1) is 5.10 Å². The first-order valence-corrected chi connectivity index (χ1v) is 13.1. The van der Waals surface area contributed by atoms with E-state index in [9.17, 15) is 19.1 Å². The highest BCUT2D eigenvalue weighted by Gasteiger charge is 2.24. The summed E-state index contributed by atoms with van der Waals surface area (Å²) >= 11 is 0. The first-order chi connectivity index (χ1) is 19.2. The average molecular weight is 556 g/mol. The van der Waals surface area contributed by atoms with Crippen LogP contribution in [0.2, 0.25) is 0 Å². The molecule has 1 fully saturated rings. The van der Waals surface area contributed by atoms with Crippen molar-refractivity contribution in [2.45, 2.75) is 64.9 Å². The monoisotopic (exact) mass is 555 g/mol. The lowest BCUT2D eigenvalue weighted by atomic mass is 9.86. The number of methoxy groups -OCH3 is 1. The van der Waals surface area contributed by atoms with Crippen molar-refractivity contribution in [3.05, 3.63) is 53.5 Å². The number of carbonyl (C=O) groups is 2. The summed E-state index contributed by atoms with van der Waals surface area (Å²) in [7, 11) is 1.38. The third-order valence-electron chi connectivity index (χ3n) is 6.67. The lowest BCUT2D eigenvalue weighted by Gasteiger charge is -2.30. The van der Waals surface area contributed by atoms with Crippen LogP contribution in [0.15, 0.2) is 30.6 Å². The molecule has 0 radical (unpaired) electrons. The number of benzene rings is 1. The molecule has 13 heteroatoms. The maximum absolute atomic E-state index is 13.7. The van der Waals surface area contributed by atoms with Gasteiger partial charge in [-0.2, -0.15) is 0 Å². The largest absolute Gasteiger partial charge is 0.494 e. The van der Waals surface area contributed by atoms with Crippen LogP contribution < -0.4 is 15.4 Å². The Labute approximate surface area is 231 Å². The molecule has 3 aromatic rings. The predicted molar refractivity (Wildman–Crippen MR) is 141 cm³/mol. The molecule has 1 unspecified atom stereocenters. The Kier molecular flexibility index (Phi) is 9.72. The summed E-state index contributed by atoms with van der Waals surface area (Å²) in [5.41, 5.74) is 1.30. The molecule has 1 aromatic carbocycles. The highest BCUT2D eigenvalue weighted by Crippen LogP contribution is 2.26. The van der Waals surface area contributed by atoms with Crippen LogP contribution in [-0.2, 0) is 22.6 Å². The van der Waals surface area contributed by atoms with Crippen LogP contribution in [0.1, 0.15) is 54.5 Å². The summed E-state index contributed by atoms with van der Waals surface area (Å²) < 4.78 is 25.3. The maximum atomic E-state index is 13.7. The van der Waals surface area contributed by atoms with E-state index in [1.165, 1.54) is 26.2 Å². The summed E-state index contributed by atoms with van der Waals surface area (Å²) in [5, 5.41) is 20.4. The SMILES string of the molecule is COc1cc(CNC(=O)c2cc(-c3ncn(CC4CCC(NC(O)COC(C)=O)CC4)n3)nc(C)n2)ccc1F. The Morgan fingerprint density at radius 3 is 2.70 bits per heavy atom. The van der Waals surface area contributed by atoms with Gasteiger partial charge in [-0.05, 0) is 62.3 Å². The first-order valence-electron chi connectivity index (χ1n) is 13.1. The van der Waals surface area contributed by atoms with E-state index in [2.05, 4.69) is 30.7 Å². The Morgan fingerprint density at radius 2 is 1.98 bits per heavy atom. The Hall–Kier alpha value is -3.97. The quantitative estimate of drug-likeness (QED) is 0.237. The Morgan fingerprint density at radius 1 is 1.20 bits per heavy atom. The van der Waals surface area contributed by atoms with E-state index in [1.807, 2.05) is 0 Å². The number of aromatic nitrogens is 5. The van der Waals surface area contributed by atoms with Crippen molar-refractivity contribution < 1.29 is 28.6 Å². The van der Waals surface area contributed by atoms with Crippen LogP contribution in [-0.4, -0.2) is 67.7 Å². The third kappa shape index (κ3) is 8.02. The molecule has 0 spiro atoms. The van der Waals surface area contributed by atoms with Crippen LogP contribution in [0, 0.1) is 18.7 Å². The smallest absolute Gasteiger partial charge is 0.302 e. The van der Waals surface area contributed by atoms with Crippen LogP contribution in [0.4, 0.5) is 4.39 Å². The summed E-state index contributed by atoms with van der Waals surface area (Å²) in [4.78, 5) is 36.8. The molecule has 2 heterocycles. The molecule has 1 aliphatic rings. The number of ether oxygens (including phenoxy) is 2. The predicted octanol–water partition coefficient (Wildman–Crippen LogP) is 2.15. The standard InChI is InChI=1S/C27H34FN7O5/c1-16-31-22(11-23(32-16)27(38)29-12-19-6-9-21(28)24(10-19)39-3)26-30-15-35(34-26)13-18-4-7-20(8-5-18)33-25(37)14-40-17(2)36/h6,9-11,15,18,20,25,33,37H,4-5,7-8,12-14H2,1-3H3,(H,29,38). The number of hydrogen-bond donors (Lipinski definition) is 3. The van der Waals surface area contributed by atoms with Gasteiger partial charge in [-0.25, -0.2) is 19.3 Å². The normalized spacial score (nSPS) is 17.7. The number of aliphatic hydroxyl groups is 1. The van der Waals surface area contributed by atoms with Crippen LogP contribution in [0.25, 0.3) is 11.5 Å². The molecule has 3 N–H and O–H groups in total. The number of amides is 1.